The lowest BCUT2D eigenvalue weighted by molar-refractivity contribution is -0.141. The Morgan fingerprint density at radius 1 is 1.25 bits per heavy atom. The van der Waals surface area contributed by atoms with Crippen LogP contribution in [0.1, 0.15) is 27.9 Å². The van der Waals surface area contributed by atoms with Crippen molar-refractivity contribution < 1.29 is 17.6 Å². The quantitative estimate of drug-likeness (QED) is 0.611. The number of fused-ring (bicyclic) bond motifs is 1. The lowest BCUT2D eigenvalue weighted by atomic mass is 10.1. The molecule has 1 N–H and O–H groups in total. The second-order valence-corrected chi connectivity index (χ2v) is 7.14. The molecule has 0 amide bonds. The van der Waals surface area contributed by atoms with Gasteiger partial charge < -0.3 is 5.32 Å². The van der Waals surface area contributed by atoms with Gasteiger partial charge in [-0.15, -0.1) is 11.3 Å². The van der Waals surface area contributed by atoms with E-state index in [0.717, 1.165) is 28.7 Å². The van der Waals surface area contributed by atoms with Crippen LogP contribution in [0.4, 0.5) is 17.6 Å². The summed E-state index contributed by atoms with van der Waals surface area (Å²) in [5.74, 6) is -0.696. The van der Waals surface area contributed by atoms with Gasteiger partial charge in [0.05, 0.1) is 0 Å². The van der Waals surface area contributed by atoms with Crippen molar-refractivity contribution in [3.63, 3.8) is 0 Å². The zero-order valence-electron chi connectivity index (χ0n) is 14.8. The van der Waals surface area contributed by atoms with Crippen molar-refractivity contribution in [2.45, 2.75) is 32.7 Å². The van der Waals surface area contributed by atoms with Gasteiger partial charge in [-0.2, -0.15) is 23.5 Å². The number of rotatable bonds is 2. The molecular formula is C19H16F4N4S. The highest BCUT2D eigenvalue weighted by molar-refractivity contribution is 7.12. The molecule has 4 rings (SSSR count). The monoisotopic (exact) mass is 408 g/mol. The number of hydrogen-bond acceptors (Lipinski definition) is 4. The van der Waals surface area contributed by atoms with E-state index >= 15 is 0 Å². The van der Waals surface area contributed by atoms with Crippen LogP contribution < -0.4 is 5.32 Å². The Kier molecular flexibility index (Phi) is 5.82. The van der Waals surface area contributed by atoms with E-state index in [1.807, 2.05) is 6.07 Å². The first-order chi connectivity index (χ1) is 13.3. The molecular weight excluding hydrogens is 392 g/mol. The molecule has 1 aromatic carbocycles. The van der Waals surface area contributed by atoms with Gasteiger partial charge in [-0.25, -0.2) is 4.39 Å². The number of nitriles is 1. The molecule has 0 saturated carbocycles. The van der Waals surface area contributed by atoms with Gasteiger partial charge in [-0.3, -0.25) is 4.68 Å². The molecule has 9 heteroatoms. The van der Waals surface area contributed by atoms with Crippen LogP contribution >= 0.6 is 11.3 Å². The van der Waals surface area contributed by atoms with Crippen LogP contribution in [0, 0.1) is 17.1 Å². The first kappa shape index (κ1) is 20.0. The summed E-state index contributed by atoms with van der Waals surface area (Å²) in [6.07, 6.45) is -3.39. The lowest BCUT2D eigenvalue weighted by Crippen LogP contribution is -2.09. The molecule has 0 bridgehead atoms. The predicted molar refractivity (Wildman–Crippen MR) is 97.9 cm³/mol. The van der Waals surface area contributed by atoms with Crippen molar-refractivity contribution in [1.82, 2.24) is 15.1 Å². The highest BCUT2D eigenvalue weighted by Gasteiger charge is 2.37. The van der Waals surface area contributed by atoms with Gasteiger partial charge in [-0.1, -0.05) is 18.2 Å². The van der Waals surface area contributed by atoms with Gasteiger partial charge in [0.2, 0.25) is 0 Å². The van der Waals surface area contributed by atoms with Crippen molar-refractivity contribution in [3.05, 3.63) is 63.4 Å². The van der Waals surface area contributed by atoms with E-state index in [-0.39, 0.29) is 17.7 Å². The fourth-order valence-corrected chi connectivity index (χ4v) is 3.75. The number of hydrogen-bond donors (Lipinski definition) is 1. The minimum absolute atomic E-state index is 0.0930. The summed E-state index contributed by atoms with van der Waals surface area (Å²) in [5, 5.41) is 15.2. The number of alkyl halides is 3. The molecule has 1 aliphatic heterocycles. The molecule has 0 fully saturated rings. The van der Waals surface area contributed by atoms with Gasteiger partial charge >= 0.3 is 6.18 Å². The third-order valence-electron chi connectivity index (χ3n) is 4.13. The molecule has 2 aromatic heterocycles. The zero-order chi connectivity index (χ0) is 20.3. The Balaban J connectivity index is 0.000000188. The molecule has 4 nitrogen and oxygen atoms in total. The number of halogens is 4. The standard InChI is InChI=1S/C12H10F4N2.C7H6N2S/c1-2-18-7-9(11(17-18)12(14,15)16)8-5-3-4-6-10(8)13;8-2-6-1-5-3-9-4-7(5)10-6/h3-7H,2H2,1H3;1,9H,3-4H2. The molecule has 3 heterocycles. The second kappa shape index (κ2) is 8.12. The van der Waals surface area contributed by atoms with E-state index in [1.165, 1.54) is 34.8 Å². The van der Waals surface area contributed by atoms with E-state index in [0.29, 0.717) is 0 Å². The second-order valence-electron chi connectivity index (χ2n) is 6.00. The van der Waals surface area contributed by atoms with Crippen LogP contribution in [0.15, 0.2) is 36.5 Å². The maximum absolute atomic E-state index is 13.6. The van der Waals surface area contributed by atoms with Crippen molar-refractivity contribution in [1.29, 1.82) is 5.26 Å². The Hall–Kier alpha value is -2.70. The number of nitrogens with one attached hydrogen (secondary N) is 1. The number of aryl methyl sites for hydroxylation is 1. The molecule has 0 atom stereocenters. The number of aromatic nitrogens is 2. The minimum atomic E-state index is -4.60. The summed E-state index contributed by atoms with van der Waals surface area (Å²) in [4.78, 5) is 2.17. The topological polar surface area (TPSA) is 53.6 Å². The Morgan fingerprint density at radius 3 is 2.61 bits per heavy atom. The molecule has 0 aliphatic carbocycles. The zero-order valence-corrected chi connectivity index (χ0v) is 15.7. The molecule has 0 saturated heterocycles. The van der Waals surface area contributed by atoms with Gasteiger partial charge in [0.1, 0.15) is 16.8 Å². The Labute approximate surface area is 163 Å². The van der Waals surface area contributed by atoms with Gasteiger partial charge in [0.15, 0.2) is 5.69 Å². The molecule has 0 spiro atoms. The molecule has 3 aromatic rings. The average molecular weight is 408 g/mol. The SMILES string of the molecule is CCn1cc(-c2ccccc2F)c(C(F)(F)F)n1.N#Cc1cc2c(s1)CNC2. The predicted octanol–water partition coefficient (Wildman–Crippen LogP) is 4.95. The highest BCUT2D eigenvalue weighted by Crippen LogP contribution is 2.36. The Bertz CT molecular complexity index is 992. The van der Waals surface area contributed by atoms with Crippen molar-refractivity contribution in [2.24, 2.45) is 0 Å². The van der Waals surface area contributed by atoms with Crippen molar-refractivity contribution in [3.8, 4) is 17.2 Å². The van der Waals surface area contributed by atoms with Gasteiger partial charge in [0, 0.05) is 41.8 Å². The van der Waals surface area contributed by atoms with Crippen LogP contribution in [0.25, 0.3) is 11.1 Å². The fraction of sp³-hybridized carbons (Fsp3) is 0.263. The molecule has 1 aliphatic rings. The smallest absolute Gasteiger partial charge is 0.308 e. The van der Waals surface area contributed by atoms with E-state index in [2.05, 4.69) is 16.5 Å². The van der Waals surface area contributed by atoms with E-state index in [1.54, 1.807) is 18.3 Å². The first-order valence-corrected chi connectivity index (χ1v) is 9.27. The summed E-state index contributed by atoms with van der Waals surface area (Å²) in [5.41, 5.74) is -0.0806. The highest BCUT2D eigenvalue weighted by atomic mass is 32.1. The largest absolute Gasteiger partial charge is 0.435 e. The molecule has 0 unspecified atom stereocenters. The molecule has 0 radical (unpaired) electrons. The fourth-order valence-electron chi connectivity index (χ4n) is 2.80. The maximum Gasteiger partial charge on any atom is 0.435 e. The lowest BCUT2D eigenvalue weighted by Gasteiger charge is -2.06. The Morgan fingerprint density at radius 2 is 2.00 bits per heavy atom. The summed E-state index contributed by atoms with van der Waals surface area (Å²) < 4.78 is 53.1. The van der Waals surface area contributed by atoms with Crippen LogP contribution in [0.5, 0.6) is 0 Å². The first-order valence-electron chi connectivity index (χ1n) is 8.45. The minimum Gasteiger partial charge on any atom is -0.308 e. The van der Waals surface area contributed by atoms with Crippen LogP contribution in [0.2, 0.25) is 0 Å². The normalized spacial score (nSPS) is 12.9. The third kappa shape index (κ3) is 4.24. The van der Waals surface area contributed by atoms with Gasteiger partial charge in [-0.05, 0) is 24.6 Å². The van der Waals surface area contributed by atoms with Crippen LogP contribution in [-0.4, -0.2) is 9.78 Å². The summed E-state index contributed by atoms with van der Waals surface area (Å²) in [6, 6.07) is 9.47. The van der Waals surface area contributed by atoms with Gasteiger partial charge in [0.25, 0.3) is 0 Å². The third-order valence-corrected chi connectivity index (χ3v) is 5.21. The van der Waals surface area contributed by atoms with Crippen molar-refractivity contribution in [2.75, 3.05) is 0 Å². The number of thiophene rings is 1. The number of benzene rings is 1. The van der Waals surface area contributed by atoms with E-state index in [9.17, 15) is 17.6 Å². The molecule has 146 valence electrons. The van der Waals surface area contributed by atoms with E-state index in [4.69, 9.17) is 5.26 Å². The average Bonchev–Trinajstić information content (AvgIpc) is 3.36. The maximum atomic E-state index is 13.6. The van der Waals surface area contributed by atoms with Crippen LogP contribution in [0.3, 0.4) is 0 Å². The summed E-state index contributed by atoms with van der Waals surface area (Å²) in [7, 11) is 0. The molecule has 28 heavy (non-hydrogen) atoms. The van der Waals surface area contributed by atoms with Crippen molar-refractivity contribution >= 4 is 11.3 Å². The van der Waals surface area contributed by atoms with E-state index < -0.39 is 17.7 Å². The number of nitrogens with zero attached hydrogens (tertiary/aromatic N) is 3. The summed E-state index contributed by atoms with van der Waals surface area (Å²) >= 11 is 1.60. The van der Waals surface area contributed by atoms with Crippen LogP contribution in [-0.2, 0) is 25.8 Å². The summed E-state index contributed by atoms with van der Waals surface area (Å²) in [6.45, 7) is 3.84.